The van der Waals surface area contributed by atoms with Gasteiger partial charge in [0, 0.05) is 35.4 Å². The van der Waals surface area contributed by atoms with E-state index in [1.165, 1.54) is 4.88 Å². The molecule has 1 aliphatic rings. The molecule has 0 unspecified atom stereocenters. The van der Waals surface area contributed by atoms with Crippen LogP contribution < -0.4 is 10.5 Å². The van der Waals surface area contributed by atoms with Gasteiger partial charge >= 0.3 is 0 Å². The van der Waals surface area contributed by atoms with Gasteiger partial charge in [0.15, 0.2) is 0 Å². The molecular weight excluding hydrogens is 336 g/mol. The highest BCUT2D eigenvalue weighted by atomic mass is 32.1. The zero-order valence-electron chi connectivity index (χ0n) is 14.7. The standard InChI is InChI=1S/C19H24N2O3S/c1-12(2)17-10-21-19(25-17)15-7-14(18(20)22)8-16(9-15)24-11-13-3-5-23-6-4-13/h7-10,12-13H,3-6,11H2,1-2H3,(H2,20,22). The Kier molecular flexibility index (Phi) is 5.71. The molecule has 5 nitrogen and oxygen atoms in total. The molecule has 2 heterocycles. The highest BCUT2D eigenvalue weighted by Gasteiger charge is 2.16. The first-order valence-corrected chi connectivity index (χ1v) is 9.46. The maximum Gasteiger partial charge on any atom is 0.248 e. The molecule has 0 aliphatic carbocycles. The van der Waals surface area contributed by atoms with E-state index in [2.05, 4.69) is 18.8 Å². The summed E-state index contributed by atoms with van der Waals surface area (Å²) in [4.78, 5) is 17.4. The zero-order valence-corrected chi connectivity index (χ0v) is 15.5. The average Bonchev–Trinajstić information content (AvgIpc) is 3.11. The molecule has 6 heteroatoms. The van der Waals surface area contributed by atoms with E-state index in [1.54, 1.807) is 23.5 Å². The van der Waals surface area contributed by atoms with Gasteiger partial charge in [-0.25, -0.2) is 4.98 Å². The Morgan fingerprint density at radius 1 is 1.36 bits per heavy atom. The minimum atomic E-state index is -0.460. The minimum absolute atomic E-state index is 0.426. The van der Waals surface area contributed by atoms with Gasteiger partial charge in [0.05, 0.1) is 6.61 Å². The lowest BCUT2D eigenvalue weighted by molar-refractivity contribution is 0.0497. The molecule has 1 aromatic heterocycles. The van der Waals surface area contributed by atoms with Crippen molar-refractivity contribution in [3.8, 4) is 16.3 Å². The van der Waals surface area contributed by atoms with E-state index >= 15 is 0 Å². The van der Waals surface area contributed by atoms with E-state index in [0.717, 1.165) is 36.6 Å². The Balaban J connectivity index is 1.82. The van der Waals surface area contributed by atoms with E-state index in [9.17, 15) is 4.79 Å². The molecule has 1 amide bonds. The van der Waals surface area contributed by atoms with Crippen LogP contribution in [0.1, 0.15) is 47.8 Å². The predicted molar refractivity (Wildman–Crippen MR) is 99.2 cm³/mol. The van der Waals surface area contributed by atoms with Crippen molar-refractivity contribution in [2.75, 3.05) is 19.8 Å². The Labute approximate surface area is 152 Å². The molecule has 1 aromatic carbocycles. The average molecular weight is 360 g/mol. The van der Waals surface area contributed by atoms with Gasteiger partial charge in [0.2, 0.25) is 5.91 Å². The van der Waals surface area contributed by atoms with Gasteiger partial charge in [0.25, 0.3) is 0 Å². The number of hydrogen-bond acceptors (Lipinski definition) is 5. The second kappa shape index (κ2) is 7.97. The van der Waals surface area contributed by atoms with E-state index in [1.807, 2.05) is 12.3 Å². The minimum Gasteiger partial charge on any atom is -0.493 e. The largest absolute Gasteiger partial charge is 0.493 e. The third kappa shape index (κ3) is 4.58. The Bertz CT molecular complexity index is 736. The lowest BCUT2D eigenvalue weighted by Gasteiger charge is -2.22. The number of aromatic nitrogens is 1. The first-order chi connectivity index (χ1) is 12.0. The molecule has 1 fully saturated rings. The van der Waals surface area contributed by atoms with Gasteiger partial charge in [-0.15, -0.1) is 11.3 Å². The fraction of sp³-hybridized carbons (Fsp3) is 0.474. The number of amides is 1. The van der Waals surface area contributed by atoms with Crippen molar-refractivity contribution in [2.24, 2.45) is 11.7 Å². The quantitative estimate of drug-likeness (QED) is 0.849. The molecular formula is C19H24N2O3S. The normalized spacial score (nSPS) is 15.5. The number of nitrogens with zero attached hydrogens (tertiary/aromatic N) is 1. The van der Waals surface area contributed by atoms with Gasteiger partial charge in [-0.05, 0) is 42.9 Å². The van der Waals surface area contributed by atoms with Crippen LogP contribution in [0.5, 0.6) is 5.75 Å². The van der Waals surface area contributed by atoms with Crippen molar-refractivity contribution in [2.45, 2.75) is 32.6 Å². The van der Waals surface area contributed by atoms with Crippen molar-refractivity contribution in [1.29, 1.82) is 0 Å². The van der Waals surface area contributed by atoms with Crippen LogP contribution in [0.15, 0.2) is 24.4 Å². The van der Waals surface area contributed by atoms with Crippen molar-refractivity contribution >= 4 is 17.2 Å². The van der Waals surface area contributed by atoms with Gasteiger partial charge in [0.1, 0.15) is 10.8 Å². The number of rotatable bonds is 6. The predicted octanol–water partition coefficient (Wildman–Crippen LogP) is 3.84. The Hall–Kier alpha value is -1.92. The summed E-state index contributed by atoms with van der Waals surface area (Å²) in [5, 5.41) is 0.878. The summed E-state index contributed by atoms with van der Waals surface area (Å²) in [6, 6.07) is 5.43. The summed E-state index contributed by atoms with van der Waals surface area (Å²) in [7, 11) is 0. The first-order valence-electron chi connectivity index (χ1n) is 8.64. The number of primary amides is 1. The summed E-state index contributed by atoms with van der Waals surface area (Å²) in [6.07, 6.45) is 3.91. The number of carbonyl (C=O) groups excluding carboxylic acids is 1. The molecule has 2 aromatic rings. The molecule has 0 spiro atoms. The van der Waals surface area contributed by atoms with Crippen LogP contribution >= 0.6 is 11.3 Å². The van der Waals surface area contributed by atoms with Crippen molar-refractivity contribution < 1.29 is 14.3 Å². The van der Waals surface area contributed by atoms with Crippen LogP contribution in [0.25, 0.3) is 10.6 Å². The number of thiazole rings is 1. The lowest BCUT2D eigenvalue weighted by Crippen LogP contribution is -2.21. The van der Waals surface area contributed by atoms with Gasteiger partial charge < -0.3 is 15.2 Å². The van der Waals surface area contributed by atoms with Crippen LogP contribution in [-0.2, 0) is 4.74 Å². The van der Waals surface area contributed by atoms with Crippen molar-refractivity contribution in [3.05, 3.63) is 34.8 Å². The van der Waals surface area contributed by atoms with Gasteiger partial charge in [-0.2, -0.15) is 0 Å². The molecule has 134 valence electrons. The van der Waals surface area contributed by atoms with E-state index < -0.39 is 5.91 Å². The smallest absolute Gasteiger partial charge is 0.248 e. The van der Waals surface area contributed by atoms with Gasteiger partial charge in [-0.3, -0.25) is 4.79 Å². The van der Waals surface area contributed by atoms with Crippen LogP contribution in [0.2, 0.25) is 0 Å². The molecule has 1 aliphatic heterocycles. The summed E-state index contributed by atoms with van der Waals surface area (Å²) >= 11 is 1.63. The van der Waals surface area contributed by atoms with E-state index in [0.29, 0.717) is 29.8 Å². The maximum atomic E-state index is 11.7. The highest BCUT2D eigenvalue weighted by Crippen LogP contribution is 2.32. The van der Waals surface area contributed by atoms with Crippen LogP contribution in [0.4, 0.5) is 0 Å². The molecule has 3 rings (SSSR count). The molecule has 0 atom stereocenters. The summed E-state index contributed by atoms with van der Waals surface area (Å²) in [5.74, 6) is 1.12. The van der Waals surface area contributed by atoms with Crippen molar-refractivity contribution in [1.82, 2.24) is 4.98 Å². The summed E-state index contributed by atoms with van der Waals surface area (Å²) < 4.78 is 11.3. The summed E-state index contributed by atoms with van der Waals surface area (Å²) in [5.41, 5.74) is 6.81. The monoisotopic (exact) mass is 360 g/mol. The molecule has 0 bridgehead atoms. The van der Waals surface area contributed by atoms with Crippen LogP contribution in [0.3, 0.4) is 0 Å². The molecule has 0 radical (unpaired) electrons. The van der Waals surface area contributed by atoms with Crippen molar-refractivity contribution in [3.63, 3.8) is 0 Å². The number of hydrogen-bond donors (Lipinski definition) is 1. The highest BCUT2D eigenvalue weighted by molar-refractivity contribution is 7.15. The van der Waals surface area contributed by atoms with Crippen LogP contribution in [0, 0.1) is 5.92 Å². The second-order valence-corrected chi connectivity index (χ2v) is 7.76. The molecule has 2 N–H and O–H groups in total. The fourth-order valence-corrected chi connectivity index (χ4v) is 3.67. The number of nitrogens with two attached hydrogens (primary N) is 1. The SMILES string of the molecule is CC(C)c1cnc(-c2cc(OCC3CCOCC3)cc(C(N)=O)c2)s1. The fourth-order valence-electron chi connectivity index (χ4n) is 2.76. The van der Waals surface area contributed by atoms with Crippen LogP contribution in [-0.4, -0.2) is 30.7 Å². The zero-order chi connectivity index (χ0) is 17.8. The number of ether oxygens (including phenoxy) is 2. The van der Waals surface area contributed by atoms with Gasteiger partial charge in [-0.1, -0.05) is 13.8 Å². The Morgan fingerprint density at radius 2 is 2.12 bits per heavy atom. The molecule has 25 heavy (non-hydrogen) atoms. The molecule has 0 saturated carbocycles. The maximum absolute atomic E-state index is 11.7. The van der Waals surface area contributed by atoms with E-state index in [4.69, 9.17) is 15.2 Å². The third-order valence-corrected chi connectivity index (χ3v) is 5.70. The number of carbonyl (C=O) groups is 1. The summed E-state index contributed by atoms with van der Waals surface area (Å²) in [6.45, 7) is 6.48. The topological polar surface area (TPSA) is 74.4 Å². The Morgan fingerprint density at radius 3 is 2.76 bits per heavy atom. The second-order valence-electron chi connectivity index (χ2n) is 6.70. The first kappa shape index (κ1) is 17.9. The molecule has 1 saturated heterocycles. The third-order valence-electron chi connectivity index (χ3n) is 4.36. The van der Waals surface area contributed by atoms with E-state index in [-0.39, 0.29) is 0 Å². The number of benzene rings is 1. The lowest BCUT2D eigenvalue weighted by atomic mass is 10.0.